The summed E-state index contributed by atoms with van der Waals surface area (Å²) in [5.41, 5.74) is 0.146. The maximum Gasteiger partial charge on any atom is 0.339 e. The molecule has 0 saturated heterocycles. The first-order chi connectivity index (χ1) is 7.25. The van der Waals surface area contributed by atoms with E-state index < -0.39 is 5.97 Å². The average molecular weight is 208 g/mol. The lowest BCUT2D eigenvalue weighted by Gasteiger charge is -1.99. The zero-order valence-electron chi connectivity index (χ0n) is 8.18. The molecule has 80 valence electrons. The van der Waals surface area contributed by atoms with Gasteiger partial charge in [0.15, 0.2) is 0 Å². The number of aliphatic carboxylic acids is 1. The molecule has 4 heteroatoms. The Bertz CT molecular complexity index is 349. The Kier molecular flexibility index (Phi) is 4.22. The lowest BCUT2D eigenvalue weighted by Crippen LogP contribution is -1.99. The molecule has 0 radical (unpaired) electrons. The Morgan fingerprint density at radius 2 is 2.47 bits per heavy atom. The van der Waals surface area contributed by atoms with Crippen LogP contribution >= 0.6 is 0 Å². The smallest absolute Gasteiger partial charge is 0.339 e. The Morgan fingerprint density at radius 3 is 3.00 bits per heavy atom. The molecule has 0 atom stereocenters. The number of furan rings is 1. The molecular weight excluding hydrogens is 196 g/mol. The summed E-state index contributed by atoms with van der Waals surface area (Å²) in [6.45, 7) is 3.79. The molecule has 4 nitrogen and oxygen atoms in total. The summed E-state index contributed by atoms with van der Waals surface area (Å²) in [5.74, 6) is -0.662. The fourth-order valence-electron chi connectivity index (χ4n) is 1.08. The van der Waals surface area contributed by atoms with Crippen LogP contribution in [0.3, 0.4) is 0 Å². The first kappa shape index (κ1) is 11.1. The molecule has 0 amide bonds. The van der Waals surface area contributed by atoms with Gasteiger partial charge in [0.25, 0.3) is 0 Å². The lowest BCUT2D eigenvalue weighted by atomic mass is 10.2. The van der Waals surface area contributed by atoms with Gasteiger partial charge in [-0.15, -0.1) is 0 Å². The first-order valence-electron chi connectivity index (χ1n) is 4.45. The zero-order valence-corrected chi connectivity index (χ0v) is 8.18. The molecule has 0 saturated carbocycles. The molecule has 0 unspecified atom stereocenters. The molecular formula is C11H12O4. The van der Waals surface area contributed by atoms with Crippen molar-refractivity contribution in [2.24, 2.45) is 0 Å². The summed E-state index contributed by atoms with van der Waals surface area (Å²) in [4.78, 5) is 10.9. The molecule has 0 aliphatic carbocycles. The van der Waals surface area contributed by atoms with E-state index >= 15 is 0 Å². The first-order valence-corrected chi connectivity index (χ1v) is 4.45. The quantitative estimate of drug-likeness (QED) is 0.442. The highest BCUT2D eigenvalue weighted by Crippen LogP contribution is 2.15. The van der Waals surface area contributed by atoms with Crippen molar-refractivity contribution >= 4 is 11.5 Å². The van der Waals surface area contributed by atoms with Crippen molar-refractivity contribution in [1.82, 2.24) is 0 Å². The van der Waals surface area contributed by atoms with Gasteiger partial charge in [0.1, 0.15) is 5.76 Å². The molecule has 1 heterocycles. The van der Waals surface area contributed by atoms with Crippen LogP contribution in [0, 0.1) is 0 Å². The van der Waals surface area contributed by atoms with Crippen LogP contribution in [-0.2, 0) is 9.53 Å². The van der Waals surface area contributed by atoms with E-state index in [1.54, 1.807) is 18.2 Å². The molecule has 1 N–H and O–H groups in total. The fraction of sp³-hybridized carbons (Fsp3) is 0.182. The molecule has 1 aromatic rings. The third-order valence-electron chi connectivity index (χ3n) is 1.72. The zero-order chi connectivity index (χ0) is 11.1. The number of carbonyl (C=O) groups is 1. The maximum atomic E-state index is 10.9. The van der Waals surface area contributed by atoms with Gasteiger partial charge in [0.05, 0.1) is 24.7 Å². The van der Waals surface area contributed by atoms with Crippen molar-refractivity contribution in [3.63, 3.8) is 0 Å². The van der Waals surface area contributed by atoms with Crippen molar-refractivity contribution < 1.29 is 19.1 Å². The van der Waals surface area contributed by atoms with Gasteiger partial charge in [-0.3, -0.25) is 0 Å². The van der Waals surface area contributed by atoms with E-state index in [1.165, 1.54) is 12.5 Å². The second kappa shape index (κ2) is 5.70. The van der Waals surface area contributed by atoms with Gasteiger partial charge >= 0.3 is 5.97 Å². The van der Waals surface area contributed by atoms with Crippen LogP contribution < -0.4 is 0 Å². The van der Waals surface area contributed by atoms with E-state index in [2.05, 4.69) is 6.58 Å². The van der Waals surface area contributed by atoms with Crippen molar-refractivity contribution in [1.29, 1.82) is 0 Å². The van der Waals surface area contributed by atoms with Gasteiger partial charge in [-0.05, 0) is 12.1 Å². The van der Waals surface area contributed by atoms with E-state index in [-0.39, 0.29) is 5.57 Å². The van der Waals surface area contributed by atoms with E-state index in [9.17, 15) is 4.79 Å². The van der Waals surface area contributed by atoms with E-state index in [0.717, 1.165) is 0 Å². The minimum Gasteiger partial charge on any atom is -0.501 e. The Labute approximate surface area is 87.5 Å². The highest BCUT2D eigenvalue weighted by atomic mass is 16.5. The van der Waals surface area contributed by atoms with Gasteiger partial charge in [-0.1, -0.05) is 12.7 Å². The second-order valence-electron chi connectivity index (χ2n) is 2.73. The summed E-state index contributed by atoms with van der Waals surface area (Å²) in [7, 11) is 0. The second-order valence-corrected chi connectivity index (χ2v) is 2.73. The summed E-state index contributed by atoms with van der Waals surface area (Å²) < 4.78 is 9.88. The topological polar surface area (TPSA) is 59.7 Å². The normalized spacial score (nSPS) is 11.1. The maximum absolute atomic E-state index is 10.9. The molecule has 0 fully saturated rings. The number of rotatable bonds is 6. The molecule has 0 bridgehead atoms. The van der Waals surface area contributed by atoms with Crippen LogP contribution in [-0.4, -0.2) is 17.7 Å². The van der Waals surface area contributed by atoms with Gasteiger partial charge < -0.3 is 14.3 Å². The summed E-state index contributed by atoms with van der Waals surface area (Å²) in [5, 5.41) is 8.91. The summed E-state index contributed by atoms with van der Waals surface area (Å²) in [6.07, 6.45) is 4.81. The van der Waals surface area contributed by atoms with Gasteiger partial charge in [-0.2, -0.15) is 0 Å². The number of carboxylic acids is 1. The van der Waals surface area contributed by atoms with E-state index in [1.807, 2.05) is 0 Å². The van der Waals surface area contributed by atoms with Gasteiger partial charge in [0, 0.05) is 6.42 Å². The number of carboxylic acid groups (broad SMARTS) is 1. The fourth-order valence-corrected chi connectivity index (χ4v) is 1.08. The minimum atomic E-state index is -1.01. The van der Waals surface area contributed by atoms with Crippen LogP contribution in [0.1, 0.15) is 12.2 Å². The molecule has 1 aromatic heterocycles. The third-order valence-corrected chi connectivity index (χ3v) is 1.72. The van der Waals surface area contributed by atoms with E-state index in [0.29, 0.717) is 18.8 Å². The van der Waals surface area contributed by atoms with Gasteiger partial charge in [-0.25, -0.2) is 4.79 Å². The van der Waals surface area contributed by atoms with Crippen molar-refractivity contribution in [2.75, 3.05) is 6.61 Å². The summed E-state index contributed by atoms with van der Waals surface area (Å²) >= 11 is 0. The number of ether oxygens (including phenoxy) is 1. The van der Waals surface area contributed by atoms with Crippen LogP contribution in [0.25, 0.3) is 5.57 Å². The lowest BCUT2D eigenvalue weighted by molar-refractivity contribution is -0.130. The van der Waals surface area contributed by atoms with Crippen LogP contribution in [0.15, 0.2) is 41.7 Å². The predicted molar refractivity (Wildman–Crippen MR) is 55.1 cm³/mol. The standard InChI is InChI=1S/C11H12O4/c1-2-14-7-3-5-9(11(12)13)10-6-4-8-15-10/h2,4-6,8H,1,3,7H2,(H,12,13). The minimum absolute atomic E-state index is 0.146. The Hall–Kier alpha value is -1.97. The molecule has 15 heavy (non-hydrogen) atoms. The van der Waals surface area contributed by atoms with Crippen LogP contribution in [0.4, 0.5) is 0 Å². The van der Waals surface area contributed by atoms with Crippen LogP contribution in [0.5, 0.6) is 0 Å². The molecule has 0 aromatic carbocycles. The number of hydrogen-bond donors (Lipinski definition) is 1. The molecule has 1 rings (SSSR count). The molecule has 0 aliphatic rings. The Morgan fingerprint density at radius 1 is 1.67 bits per heavy atom. The number of hydrogen-bond acceptors (Lipinski definition) is 3. The SMILES string of the molecule is C=COCCC=C(C(=O)O)c1ccco1. The van der Waals surface area contributed by atoms with Crippen molar-refractivity contribution in [3.05, 3.63) is 43.1 Å². The van der Waals surface area contributed by atoms with E-state index in [4.69, 9.17) is 14.3 Å². The predicted octanol–water partition coefficient (Wildman–Crippen LogP) is 2.30. The summed E-state index contributed by atoms with van der Waals surface area (Å²) in [6, 6.07) is 3.25. The highest BCUT2D eigenvalue weighted by Gasteiger charge is 2.11. The van der Waals surface area contributed by atoms with Crippen LogP contribution in [0.2, 0.25) is 0 Å². The Balaban J connectivity index is 2.66. The molecule has 0 spiro atoms. The third kappa shape index (κ3) is 3.34. The largest absolute Gasteiger partial charge is 0.501 e. The average Bonchev–Trinajstić information content (AvgIpc) is 2.70. The van der Waals surface area contributed by atoms with Gasteiger partial charge in [0.2, 0.25) is 0 Å². The van der Waals surface area contributed by atoms with Crippen molar-refractivity contribution in [3.8, 4) is 0 Å². The van der Waals surface area contributed by atoms with Crippen molar-refractivity contribution in [2.45, 2.75) is 6.42 Å². The highest BCUT2D eigenvalue weighted by molar-refractivity contribution is 6.14. The molecule has 0 aliphatic heterocycles. The monoisotopic (exact) mass is 208 g/mol.